The van der Waals surface area contributed by atoms with Crippen LogP contribution < -0.4 is 0 Å². The summed E-state index contributed by atoms with van der Waals surface area (Å²) in [6.07, 6.45) is -0.733. The highest BCUT2D eigenvalue weighted by Crippen LogP contribution is 2.20. The second-order valence-corrected chi connectivity index (χ2v) is 2.79. The van der Waals surface area contributed by atoms with Gasteiger partial charge in [0, 0.05) is 6.42 Å². The maximum Gasteiger partial charge on any atom is 0.170 e. The summed E-state index contributed by atoms with van der Waals surface area (Å²) in [4.78, 5) is 21.9. The van der Waals surface area contributed by atoms with E-state index in [1.165, 1.54) is 6.92 Å². The molecule has 0 aromatic carbocycles. The van der Waals surface area contributed by atoms with Gasteiger partial charge in [0.05, 0.1) is 0 Å². The van der Waals surface area contributed by atoms with Crippen molar-refractivity contribution in [2.75, 3.05) is 0 Å². The van der Waals surface area contributed by atoms with Crippen LogP contribution in [0.1, 0.15) is 19.8 Å². The van der Waals surface area contributed by atoms with Crippen molar-refractivity contribution in [3.63, 3.8) is 0 Å². The predicted octanol–water partition coefficient (Wildman–Crippen LogP) is 0.111. The number of hydrogen-bond donors (Lipinski definition) is 2. The largest absolute Gasteiger partial charge is 0.509 e. The van der Waals surface area contributed by atoms with Crippen LogP contribution in [0.25, 0.3) is 0 Å². The van der Waals surface area contributed by atoms with Gasteiger partial charge in [-0.05, 0) is 13.3 Å². The third-order valence-corrected chi connectivity index (χ3v) is 1.85. The van der Waals surface area contributed by atoms with E-state index in [0.29, 0.717) is 0 Å². The van der Waals surface area contributed by atoms with Crippen molar-refractivity contribution in [1.82, 2.24) is 0 Å². The van der Waals surface area contributed by atoms with Crippen molar-refractivity contribution in [1.29, 1.82) is 0 Å². The molecule has 0 amide bonds. The minimum Gasteiger partial charge on any atom is -0.509 e. The van der Waals surface area contributed by atoms with Gasteiger partial charge in [-0.2, -0.15) is 0 Å². The number of carbonyl (C=O) groups is 2. The van der Waals surface area contributed by atoms with E-state index in [9.17, 15) is 9.59 Å². The van der Waals surface area contributed by atoms with E-state index < -0.39 is 17.6 Å². The van der Waals surface area contributed by atoms with Gasteiger partial charge in [-0.25, -0.2) is 0 Å². The van der Waals surface area contributed by atoms with Gasteiger partial charge in [0.25, 0.3) is 0 Å². The van der Waals surface area contributed by atoms with Crippen molar-refractivity contribution in [3.8, 4) is 0 Å². The first-order chi connectivity index (χ1) is 5.54. The molecule has 1 aliphatic carbocycles. The van der Waals surface area contributed by atoms with E-state index in [2.05, 4.69) is 0 Å². The first kappa shape index (κ1) is 8.93. The zero-order chi connectivity index (χ0) is 9.30. The Morgan fingerprint density at radius 3 is 2.58 bits per heavy atom. The summed E-state index contributed by atoms with van der Waals surface area (Å²) in [6, 6.07) is 0. The standard InChI is InChI=1S/C8H10O4/c1-4(9)7-5(10)2-3-6(11)8(7)12/h6,11-12H,2-3H2,1H3/t6-/m0/s1. The Kier molecular flexibility index (Phi) is 2.28. The second-order valence-electron chi connectivity index (χ2n) is 2.79. The molecule has 1 atom stereocenters. The number of aliphatic hydroxyl groups is 2. The van der Waals surface area contributed by atoms with Crippen molar-refractivity contribution in [2.45, 2.75) is 25.9 Å². The molecule has 4 nitrogen and oxygen atoms in total. The lowest BCUT2D eigenvalue weighted by molar-refractivity contribution is -0.122. The molecule has 0 aliphatic heterocycles. The molecule has 66 valence electrons. The molecule has 0 heterocycles. The Bertz CT molecular complexity index is 264. The van der Waals surface area contributed by atoms with E-state index in [1.807, 2.05) is 0 Å². The van der Waals surface area contributed by atoms with Crippen molar-refractivity contribution in [2.24, 2.45) is 0 Å². The maximum atomic E-state index is 11.0. The summed E-state index contributed by atoms with van der Waals surface area (Å²) in [7, 11) is 0. The van der Waals surface area contributed by atoms with Gasteiger partial charge in [-0.3, -0.25) is 9.59 Å². The number of rotatable bonds is 1. The van der Waals surface area contributed by atoms with Crippen molar-refractivity contribution >= 4 is 11.6 Å². The minimum absolute atomic E-state index is 0.125. The molecule has 2 N–H and O–H groups in total. The van der Waals surface area contributed by atoms with Gasteiger partial charge in [0.1, 0.15) is 17.4 Å². The molecule has 0 saturated carbocycles. The van der Waals surface area contributed by atoms with Crippen LogP contribution >= 0.6 is 0 Å². The van der Waals surface area contributed by atoms with Crippen molar-refractivity contribution < 1.29 is 19.8 Å². The first-order valence-electron chi connectivity index (χ1n) is 3.69. The van der Waals surface area contributed by atoms with Crippen LogP contribution in [0.4, 0.5) is 0 Å². The lowest BCUT2D eigenvalue weighted by Crippen LogP contribution is -2.26. The third kappa shape index (κ3) is 1.38. The molecule has 0 aromatic rings. The Balaban J connectivity index is 3.10. The number of hydrogen-bond acceptors (Lipinski definition) is 4. The molecular formula is C8H10O4. The lowest BCUT2D eigenvalue weighted by atomic mass is 9.92. The molecule has 0 radical (unpaired) electrons. The average molecular weight is 170 g/mol. The minimum atomic E-state index is -1.05. The second kappa shape index (κ2) is 3.06. The molecular weight excluding hydrogens is 160 g/mol. The Morgan fingerprint density at radius 1 is 1.58 bits per heavy atom. The van der Waals surface area contributed by atoms with Crippen LogP contribution in [0, 0.1) is 0 Å². The molecule has 1 aliphatic rings. The summed E-state index contributed by atoms with van der Waals surface area (Å²) < 4.78 is 0. The molecule has 12 heavy (non-hydrogen) atoms. The molecule has 0 spiro atoms. The molecule has 0 bridgehead atoms. The number of aliphatic hydroxyl groups excluding tert-OH is 2. The van der Waals surface area contributed by atoms with E-state index in [4.69, 9.17) is 10.2 Å². The van der Waals surface area contributed by atoms with Gasteiger partial charge in [-0.15, -0.1) is 0 Å². The van der Waals surface area contributed by atoms with Gasteiger partial charge in [0.2, 0.25) is 0 Å². The zero-order valence-electron chi connectivity index (χ0n) is 6.70. The summed E-state index contributed by atoms with van der Waals surface area (Å²) in [5.41, 5.74) is -0.242. The van der Waals surface area contributed by atoms with Crippen molar-refractivity contribution in [3.05, 3.63) is 11.3 Å². The molecule has 1 rings (SSSR count). The summed E-state index contributed by atoms with van der Waals surface area (Å²) in [6.45, 7) is 1.20. The fourth-order valence-corrected chi connectivity index (χ4v) is 1.22. The number of carbonyl (C=O) groups excluding carboxylic acids is 2. The van der Waals surface area contributed by atoms with Gasteiger partial charge < -0.3 is 10.2 Å². The molecule has 0 fully saturated rings. The zero-order valence-corrected chi connectivity index (χ0v) is 6.70. The first-order valence-corrected chi connectivity index (χ1v) is 3.69. The summed E-state index contributed by atoms with van der Waals surface area (Å²) in [5, 5.41) is 18.3. The van der Waals surface area contributed by atoms with Crippen LogP contribution in [0.2, 0.25) is 0 Å². The highest BCUT2D eigenvalue weighted by molar-refractivity contribution is 6.20. The molecule has 0 saturated heterocycles. The predicted molar refractivity (Wildman–Crippen MR) is 40.6 cm³/mol. The monoisotopic (exact) mass is 170 g/mol. The third-order valence-electron chi connectivity index (χ3n) is 1.85. The highest BCUT2D eigenvalue weighted by Gasteiger charge is 2.29. The van der Waals surface area contributed by atoms with Crippen LogP contribution in [0.3, 0.4) is 0 Å². The van der Waals surface area contributed by atoms with E-state index in [1.54, 1.807) is 0 Å². The highest BCUT2D eigenvalue weighted by atomic mass is 16.3. The summed E-state index contributed by atoms with van der Waals surface area (Å²) in [5.74, 6) is -1.35. The van der Waals surface area contributed by atoms with Gasteiger partial charge in [0.15, 0.2) is 11.6 Å². The van der Waals surface area contributed by atoms with Crippen LogP contribution in [0.15, 0.2) is 11.3 Å². The average Bonchev–Trinajstić information content (AvgIpc) is 1.97. The molecule has 0 aromatic heterocycles. The normalized spacial score (nSPS) is 24.5. The Morgan fingerprint density at radius 2 is 2.17 bits per heavy atom. The van der Waals surface area contributed by atoms with Gasteiger partial charge >= 0.3 is 0 Å². The molecule has 0 unspecified atom stereocenters. The van der Waals surface area contributed by atoms with Crippen LogP contribution in [-0.4, -0.2) is 27.9 Å². The lowest BCUT2D eigenvalue weighted by Gasteiger charge is -2.17. The van der Waals surface area contributed by atoms with Crippen LogP contribution in [-0.2, 0) is 9.59 Å². The maximum absolute atomic E-state index is 11.0. The fourth-order valence-electron chi connectivity index (χ4n) is 1.22. The Labute approximate surface area is 69.5 Å². The van der Waals surface area contributed by atoms with E-state index >= 15 is 0 Å². The number of ketones is 2. The van der Waals surface area contributed by atoms with E-state index in [0.717, 1.165) is 0 Å². The molecule has 4 heteroatoms. The fraction of sp³-hybridized carbons (Fsp3) is 0.500. The summed E-state index contributed by atoms with van der Waals surface area (Å²) >= 11 is 0. The smallest absolute Gasteiger partial charge is 0.170 e. The number of allylic oxidation sites excluding steroid dienone is 1. The topological polar surface area (TPSA) is 74.6 Å². The van der Waals surface area contributed by atoms with Crippen LogP contribution in [0.5, 0.6) is 0 Å². The quantitative estimate of drug-likeness (QED) is 0.548. The SMILES string of the molecule is CC(=O)C1=C(O)[C@@H](O)CCC1=O. The number of Topliss-reactive ketones (excluding diaryl/α,β-unsaturated/α-hetero) is 2. The Hall–Kier alpha value is -1.16. The van der Waals surface area contributed by atoms with Gasteiger partial charge in [-0.1, -0.05) is 0 Å². The van der Waals surface area contributed by atoms with E-state index in [-0.39, 0.29) is 24.2 Å².